The van der Waals surface area contributed by atoms with Gasteiger partial charge in [0.05, 0.1) is 0 Å². The lowest BCUT2D eigenvalue weighted by molar-refractivity contribution is -0.130. The number of hydrogen-bond donors (Lipinski definition) is 0. The van der Waals surface area contributed by atoms with E-state index in [4.69, 9.17) is 0 Å². The van der Waals surface area contributed by atoms with Gasteiger partial charge in [-0.05, 0) is 24.1 Å². The van der Waals surface area contributed by atoms with Crippen molar-refractivity contribution < 1.29 is 13.6 Å². The molecule has 0 bridgehead atoms. The van der Waals surface area contributed by atoms with Gasteiger partial charge in [0.2, 0.25) is 5.91 Å². The second kappa shape index (κ2) is 7.43. The summed E-state index contributed by atoms with van der Waals surface area (Å²) in [7, 11) is 0. The summed E-state index contributed by atoms with van der Waals surface area (Å²) in [5.41, 5.74) is 1.68. The molecule has 0 saturated carbocycles. The molecule has 0 atom stereocenters. The molecule has 2 aromatic rings. The van der Waals surface area contributed by atoms with Crippen molar-refractivity contribution in [3.63, 3.8) is 0 Å². The second-order valence-corrected chi connectivity index (χ2v) is 5.79. The topological polar surface area (TPSA) is 23.6 Å². The number of carbonyl (C=O) groups is 1. The summed E-state index contributed by atoms with van der Waals surface area (Å²) in [5.74, 6) is -1.60. The Bertz CT molecular complexity index is 698. The van der Waals surface area contributed by atoms with Crippen molar-refractivity contribution in [2.75, 3.05) is 31.1 Å². The minimum absolute atomic E-state index is 0.0868. The molecule has 125 valence electrons. The minimum atomic E-state index is -0.844. The molecule has 0 aromatic heterocycles. The monoisotopic (exact) mass is 329 g/mol. The number of halogens is 2. The van der Waals surface area contributed by atoms with Gasteiger partial charge in [-0.2, -0.15) is 0 Å². The van der Waals surface area contributed by atoms with Crippen LogP contribution in [0.4, 0.5) is 14.5 Å². The largest absolute Gasteiger partial charge is 0.368 e. The number of benzene rings is 2. The summed E-state index contributed by atoms with van der Waals surface area (Å²) in [6, 6.07) is 13.7. The van der Waals surface area contributed by atoms with E-state index >= 15 is 0 Å². The van der Waals surface area contributed by atoms with Gasteiger partial charge in [0, 0.05) is 44.4 Å². The highest BCUT2D eigenvalue weighted by atomic mass is 19.2. The maximum Gasteiger partial charge on any atom is 0.223 e. The third-order valence-electron chi connectivity index (χ3n) is 4.21. The van der Waals surface area contributed by atoms with Gasteiger partial charge in [-0.15, -0.1) is 0 Å². The Labute approximate surface area is 140 Å². The van der Waals surface area contributed by atoms with Crippen LogP contribution in [0.2, 0.25) is 0 Å². The number of carbonyl (C=O) groups excluding carboxylic acids is 1. The summed E-state index contributed by atoms with van der Waals surface area (Å²) in [5, 5.41) is 0. The Balaban J connectivity index is 1.51. The molecule has 1 heterocycles. The van der Waals surface area contributed by atoms with Crippen LogP contribution in [-0.4, -0.2) is 37.0 Å². The van der Waals surface area contributed by atoms with Crippen molar-refractivity contribution >= 4 is 11.6 Å². The van der Waals surface area contributed by atoms with Gasteiger partial charge < -0.3 is 9.80 Å². The van der Waals surface area contributed by atoms with Crippen molar-refractivity contribution in [3.8, 4) is 0 Å². The van der Waals surface area contributed by atoms with Gasteiger partial charge in [0.1, 0.15) is 0 Å². The van der Waals surface area contributed by atoms with Crippen molar-refractivity contribution in [1.29, 1.82) is 0 Å². The average molecular weight is 329 g/mol. The molecule has 3 nitrogen and oxygen atoms in total. The van der Waals surface area contributed by atoms with Crippen LogP contribution in [0.5, 0.6) is 0 Å². The van der Waals surface area contributed by atoms with Gasteiger partial charge in [-0.3, -0.25) is 4.79 Å². The highest BCUT2D eigenvalue weighted by Crippen LogP contribution is 2.20. The van der Waals surface area contributed by atoms with Crippen LogP contribution in [0.25, 0.3) is 0 Å². The first-order valence-corrected chi connectivity index (χ1v) is 7.99. The lowest BCUT2D eigenvalue weighted by Crippen LogP contribution is -2.48. The van der Waals surface area contributed by atoms with E-state index in [1.807, 2.05) is 46.6 Å². The molecule has 0 aliphatic carbocycles. The fraction of sp³-hybridized carbons (Fsp3) is 0.263. The maximum atomic E-state index is 13.3. The Hall–Kier alpha value is -2.43. The lowest BCUT2D eigenvalue weighted by Gasteiger charge is -2.36. The number of rotatable bonds is 4. The molecule has 3 rings (SSSR count). The summed E-state index contributed by atoms with van der Waals surface area (Å²) in [4.78, 5) is 16.1. The fourth-order valence-electron chi connectivity index (χ4n) is 2.82. The normalized spacial score (nSPS) is 14.8. The number of anilines is 1. The number of amides is 1. The minimum Gasteiger partial charge on any atom is -0.368 e. The van der Waals surface area contributed by atoms with E-state index in [1.165, 1.54) is 6.07 Å². The van der Waals surface area contributed by atoms with Crippen molar-refractivity contribution in [2.24, 2.45) is 0 Å². The molecule has 1 saturated heterocycles. The zero-order valence-electron chi connectivity index (χ0n) is 13.3. The second-order valence-electron chi connectivity index (χ2n) is 5.79. The van der Waals surface area contributed by atoms with Crippen LogP contribution in [-0.2, 0) is 4.79 Å². The number of hydrogen-bond acceptors (Lipinski definition) is 2. The van der Waals surface area contributed by atoms with E-state index < -0.39 is 11.6 Å². The van der Waals surface area contributed by atoms with Crippen molar-refractivity contribution in [1.82, 2.24) is 4.90 Å². The predicted octanol–water partition coefficient (Wildman–Crippen LogP) is 3.26. The Morgan fingerprint density at radius 2 is 1.67 bits per heavy atom. The molecule has 0 N–H and O–H groups in total. The number of nitrogens with zero attached hydrogens (tertiary/aromatic N) is 2. The van der Waals surface area contributed by atoms with Crippen molar-refractivity contribution in [3.05, 3.63) is 72.1 Å². The Morgan fingerprint density at radius 3 is 2.33 bits per heavy atom. The average Bonchev–Trinajstić information content (AvgIpc) is 2.63. The highest BCUT2D eigenvalue weighted by Gasteiger charge is 2.21. The van der Waals surface area contributed by atoms with Crippen molar-refractivity contribution in [2.45, 2.75) is 6.42 Å². The molecule has 1 aliphatic rings. The van der Waals surface area contributed by atoms with Gasteiger partial charge >= 0.3 is 0 Å². The third kappa shape index (κ3) is 3.91. The fourth-order valence-corrected chi connectivity index (χ4v) is 2.82. The van der Waals surface area contributed by atoms with E-state index in [2.05, 4.69) is 0 Å². The maximum absolute atomic E-state index is 13.3. The molecule has 1 aliphatic heterocycles. The molecule has 2 aromatic carbocycles. The first kappa shape index (κ1) is 16.4. The summed E-state index contributed by atoms with van der Waals surface area (Å²) < 4.78 is 26.3. The van der Waals surface area contributed by atoms with Crippen LogP contribution in [0.3, 0.4) is 0 Å². The van der Waals surface area contributed by atoms with Crippen LogP contribution in [0.15, 0.2) is 48.5 Å². The van der Waals surface area contributed by atoms with E-state index in [0.717, 1.165) is 11.6 Å². The molecule has 0 spiro atoms. The molecular formula is C19H19F2N2O. The first-order chi connectivity index (χ1) is 11.6. The molecule has 1 amide bonds. The van der Waals surface area contributed by atoms with E-state index in [0.29, 0.717) is 38.3 Å². The van der Waals surface area contributed by atoms with Gasteiger partial charge in [0.15, 0.2) is 11.6 Å². The van der Waals surface area contributed by atoms with Crippen LogP contribution >= 0.6 is 0 Å². The van der Waals surface area contributed by atoms with Gasteiger partial charge in [-0.1, -0.05) is 30.3 Å². The quantitative estimate of drug-likeness (QED) is 0.860. The van der Waals surface area contributed by atoms with Crippen LogP contribution in [0.1, 0.15) is 12.0 Å². The van der Waals surface area contributed by atoms with E-state index in [9.17, 15) is 13.6 Å². The predicted molar refractivity (Wildman–Crippen MR) is 89.6 cm³/mol. The lowest BCUT2D eigenvalue weighted by atomic mass is 10.1. The smallest absolute Gasteiger partial charge is 0.223 e. The molecule has 24 heavy (non-hydrogen) atoms. The molecular weight excluding hydrogens is 310 g/mol. The molecule has 0 unspecified atom stereocenters. The van der Waals surface area contributed by atoms with Gasteiger partial charge in [0.25, 0.3) is 0 Å². The zero-order chi connectivity index (χ0) is 16.9. The van der Waals surface area contributed by atoms with Crippen LogP contribution < -0.4 is 4.90 Å². The van der Waals surface area contributed by atoms with E-state index in [-0.39, 0.29) is 5.91 Å². The summed E-state index contributed by atoms with van der Waals surface area (Å²) in [6.07, 6.45) is 2.29. The molecule has 5 heteroatoms. The highest BCUT2D eigenvalue weighted by molar-refractivity contribution is 5.78. The SMILES string of the molecule is O=C(C[CH]c1ccccc1)N1CCN(c2ccc(F)c(F)c2)CC1. The van der Waals surface area contributed by atoms with Crippen LogP contribution in [0, 0.1) is 18.1 Å². The zero-order valence-corrected chi connectivity index (χ0v) is 13.3. The molecule has 1 radical (unpaired) electrons. The Kier molecular flexibility index (Phi) is 5.08. The standard InChI is InChI=1S/C19H19F2N2O/c20-17-8-7-16(14-18(17)21)22-10-12-23(13-11-22)19(24)9-6-15-4-2-1-3-5-15/h1-8,14H,9-13H2. The first-order valence-electron chi connectivity index (χ1n) is 7.99. The summed E-state index contributed by atoms with van der Waals surface area (Å²) >= 11 is 0. The van der Waals surface area contributed by atoms with Gasteiger partial charge in [-0.25, -0.2) is 8.78 Å². The molecule has 1 fully saturated rings. The third-order valence-corrected chi connectivity index (χ3v) is 4.21. The Morgan fingerprint density at radius 1 is 0.958 bits per heavy atom. The summed E-state index contributed by atoms with van der Waals surface area (Å²) in [6.45, 7) is 2.39. The number of piperazine rings is 1. The van der Waals surface area contributed by atoms with E-state index in [1.54, 1.807) is 6.07 Å².